The summed E-state index contributed by atoms with van der Waals surface area (Å²) in [6.45, 7) is 4.11. The Labute approximate surface area is 194 Å². The Morgan fingerprint density at radius 1 is 1.19 bits per heavy atom. The van der Waals surface area contributed by atoms with E-state index >= 15 is 0 Å². The van der Waals surface area contributed by atoms with Crippen molar-refractivity contribution in [2.24, 2.45) is 5.92 Å². The summed E-state index contributed by atoms with van der Waals surface area (Å²) in [7, 11) is 0. The molecule has 0 unspecified atom stereocenters. The normalized spacial score (nSPS) is 15.7. The molecule has 1 atom stereocenters. The van der Waals surface area contributed by atoms with Gasteiger partial charge < -0.3 is 9.32 Å². The van der Waals surface area contributed by atoms with Gasteiger partial charge in [-0.05, 0) is 42.9 Å². The minimum Gasteiger partial charge on any atom is -0.408 e. The smallest absolute Gasteiger partial charge is 0.286 e. The number of halogens is 1. The van der Waals surface area contributed by atoms with Crippen LogP contribution in [0.1, 0.15) is 75.0 Å². The van der Waals surface area contributed by atoms with E-state index in [1.165, 1.54) is 24.6 Å². The molecule has 0 aromatic carbocycles. The number of amides is 1. The number of aromatic nitrogens is 3. The van der Waals surface area contributed by atoms with Crippen LogP contribution in [0.4, 0.5) is 0 Å². The molecule has 0 saturated heterocycles. The summed E-state index contributed by atoms with van der Waals surface area (Å²) in [5, 5.41) is 8.38. The number of thioether (sulfide) groups is 1. The number of hydrogen-bond acceptors (Lipinski definition) is 7. The Morgan fingerprint density at radius 3 is 2.48 bits per heavy atom. The van der Waals surface area contributed by atoms with Gasteiger partial charge in [0, 0.05) is 24.2 Å². The van der Waals surface area contributed by atoms with Crippen molar-refractivity contribution in [1.82, 2.24) is 20.1 Å². The molecular weight excluding hydrogens is 436 g/mol. The first-order valence-electron chi connectivity index (χ1n) is 10.7. The molecule has 0 aliphatic heterocycles. The van der Waals surface area contributed by atoms with Crippen molar-refractivity contribution in [3.05, 3.63) is 36.0 Å². The first kappa shape index (κ1) is 25.3. The van der Waals surface area contributed by atoms with Crippen molar-refractivity contribution in [1.29, 1.82) is 0 Å². The zero-order valence-corrected chi connectivity index (χ0v) is 19.7. The number of nitrogens with zero attached hydrogens (tertiary/aromatic N) is 4. The molecule has 3 rings (SSSR count). The number of rotatable bonds is 10. The lowest BCUT2D eigenvalue weighted by atomic mass is 9.95. The van der Waals surface area contributed by atoms with E-state index in [-0.39, 0.29) is 36.0 Å². The number of hydrogen-bond donors (Lipinski definition) is 0. The molecule has 31 heavy (non-hydrogen) atoms. The van der Waals surface area contributed by atoms with E-state index in [1.807, 2.05) is 12.1 Å². The van der Waals surface area contributed by atoms with Gasteiger partial charge in [0.1, 0.15) is 6.04 Å². The first-order valence-corrected chi connectivity index (χ1v) is 11.7. The fraction of sp³-hybridized carbons (Fsp3) is 0.591. The van der Waals surface area contributed by atoms with Crippen LogP contribution in [-0.4, -0.2) is 44.4 Å². The highest BCUT2D eigenvalue weighted by molar-refractivity contribution is 7.98. The van der Waals surface area contributed by atoms with Crippen molar-refractivity contribution < 1.29 is 14.0 Å². The molecule has 1 aliphatic carbocycles. The van der Waals surface area contributed by atoms with Crippen LogP contribution in [0, 0.1) is 5.92 Å². The lowest BCUT2D eigenvalue weighted by Gasteiger charge is -2.34. The van der Waals surface area contributed by atoms with Crippen LogP contribution in [0.2, 0.25) is 0 Å². The Bertz CT molecular complexity index is 810. The van der Waals surface area contributed by atoms with E-state index in [9.17, 15) is 9.59 Å². The van der Waals surface area contributed by atoms with Crippen molar-refractivity contribution in [3.8, 4) is 0 Å². The highest BCUT2D eigenvalue weighted by atomic mass is 35.5. The summed E-state index contributed by atoms with van der Waals surface area (Å²) in [4.78, 5) is 31.0. The first-order chi connectivity index (χ1) is 14.6. The van der Waals surface area contributed by atoms with E-state index < -0.39 is 6.04 Å². The average molecular weight is 467 g/mol. The zero-order chi connectivity index (χ0) is 21.3. The summed E-state index contributed by atoms with van der Waals surface area (Å²) in [6.07, 6.45) is 11.3. The molecule has 1 aliphatic rings. The molecule has 170 valence electrons. The zero-order valence-electron chi connectivity index (χ0n) is 18.1. The molecule has 2 aromatic heterocycles. The predicted molar refractivity (Wildman–Crippen MR) is 122 cm³/mol. The quantitative estimate of drug-likeness (QED) is 0.211. The highest BCUT2D eigenvalue weighted by Gasteiger charge is 2.34. The second-order valence-electron chi connectivity index (χ2n) is 8.22. The lowest BCUT2D eigenvalue weighted by molar-refractivity contribution is -0.122. The Hall–Kier alpha value is -1.93. The summed E-state index contributed by atoms with van der Waals surface area (Å²) < 4.78 is 5.67. The van der Waals surface area contributed by atoms with E-state index in [4.69, 9.17) is 4.42 Å². The summed E-state index contributed by atoms with van der Waals surface area (Å²) >= 11 is 1.38. The number of Topliss-reactive ketones (excluding diaryl/α,β-unsaturated/α-hetero) is 1. The van der Waals surface area contributed by atoms with Crippen molar-refractivity contribution in [3.63, 3.8) is 0 Å². The van der Waals surface area contributed by atoms with Crippen LogP contribution in [0.15, 0.2) is 34.2 Å². The van der Waals surface area contributed by atoms with Crippen LogP contribution >= 0.6 is 24.2 Å². The van der Waals surface area contributed by atoms with Crippen molar-refractivity contribution >= 4 is 36.4 Å². The maximum Gasteiger partial charge on any atom is 0.286 e. The van der Waals surface area contributed by atoms with Gasteiger partial charge in [0.05, 0.1) is 0 Å². The maximum atomic E-state index is 13.3. The van der Waals surface area contributed by atoms with Gasteiger partial charge in [-0.15, -0.1) is 22.6 Å². The van der Waals surface area contributed by atoms with Crippen LogP contribution < -0.4 is 0 Å². The van der Waals surface area contributed by atoms with Gasteiger partial charge in [-0.2, -0.15) is 0 Å². The fourth-order valence-electron chi connectivity index (χ4n) is 3.91. The largest absolute Gasteiger partial charge is 0.408 e. The second kappa shape index (κ2) is 12.8. The number of carbonyl (C=O) groups is 2. The Balaban J connectivity index is 0.00000341. The van der Waals surface area contributed by atoms with Crippen LogP contribution in [0.3, 0.4) is 0 Å². The molecular formula is C22H31ClN4O3S. The minimum absolute atomic E-state index is 0. The minimum atomic E-state index is -0.566. The summed E-state index contributed by atoms with van der Waals surface area (Å²) in [6, 6.07) is 3.37. The van der Waals surface area contributed by atoms with Crippen molar-refractivity contribution in [2.75, 3.05) is 0 Å². The number of carbonyl (C=O) groups excluding carboxylic acids is 2. The standard InChI is InChI=1S/C22H30N4O3S.ClH/c1-16(2)13-19(26(15-27)18-7-5-3-4-6-8-18)20(28)21-24-25-22(29-21)30-14-17-9-11-23-12-10-17;/h9-12,15-16,18-19H,3-8,13-14H2,1-2H3;1H/t19-;/m0./s1. The molecule has 2 heterocycles. The SMILES string of the molecule is CC(C)C[C@@H](C(=O)c1nnc(SCc2ccncc2)o1)N(C=O)C1CCCCCC1.Cl. The molecule has 9 heteroatoms. The van der Waals surface area contributed by atoms with E-state index in [2.05, 4.69) is 29.0 Å². The van der Waals surface area contributed by atoms with E-state index in [0.29, 0.717) is 17.4 Å². The average Bonchev–Trinajstić information content (AvgIpc) is 3.07. The molecule has 1 amide bonds. The van der Waals surface area contributed by atoms with Crippen LogP contribution in [-0.2, 0) is 10.5 Å². The molecule has 0 bridgehead atoms. The molecule has 1 saturated carbocycles. The van der Waals surface area contributed by atoms with Crippen LogP contribution in [0.5, 0.6) is 0 Å². The van der Waals surface area contributed by atoms with Gasteiger partial charge >= 0.3 is 0 Å². The third-order valence-electron chi connectivity index (χ3n) is 5.45. The topological polar surface area (TPSA) is 89.2 Å². The van der Waals surface area contributed by atoms with Gasteiger partial charge in [-0.3, -0.25) is 14.6 Å². The van der Waals surface area contributed by atoms with Gasteiger partial charge in [0.25, 0.3) is 11.1 Å². The molecule has 7 nitrogen and oxygen atoms in total. The fourth-order valence-corrected chi connectivity index (χ4v) is 4.63. The molecule has 0 spiro atoms. The molecule has 1 fully saturated rings. The molecule has 0 radical (unpaired) electrons. The third kappa shape index (κ3) is 7.31. The van der Waals surface area contributed by atoms with Gasteiger partial charge in [-0.25, -0.2) is 0 Å². The van der Waals surface area contributed by atoms with Crippen LogP contribution in [0.25, 0.3) is 0 Å². The van der Waals surface area contributed by atoms with Gasteiger partial charge in [0.15, 0.2) is 0 Å². The van der Waals surface area contributed by atoms with E-state index in [0.717, 1.165) is 37.7 Å². The van der Waals surface area contributed by atoms with Crippen molar-refractivity contribution in [2.45, 2.75) is 81.9 Å². The Morgan fingerprint density at radius 2 is 1.87 bits per heavy atom. The third-order valence-corrected chi connectivity index (χ3v) is 6.34. The number of pyridine rings is 1. The highest BCUT2D eigenvalue weighted by Crippen LogP contribution is 2.27. The number of ketones is 1. The Kier molecular flexibility index (Phi) is 10.5. The molecule has 0 N–H and O–H groups in total. The lowest BCUT2D eigenvalue weighted by Crippen LogP contribution is -2.47. The summed E-state index contributed by atoms with van der Waals surface area (Å²) in [5.41, 5.74) is 1.08. The second-order valence-corrected chi connectivity index (χ2v) is 9.15. The molecule has 2 aromatic rings. The van der Waals surface area contributed by atoms with Gasteiger partial charge in [0.2, 0.25) is 12.2 Å². The van der Waals surface area contributed by atoms with E-state index in [1.54, 1.807) is 17.3 Å². The monoisotopic (exact) mass is 466 g/mol. The van der Waals surface area contributed by atoms with Gasteiger partial charge in [-0.1, -0.05) is 51.3 Å². The predicted octanol–water partition coefficient (Wildman–Crippen LogP) is 4.96. The maximum absolute atomic E-state index is 13.3. The summed E-state index contributed by atoms with van der Waals surface area (Å²) in [5.74, 6) is 0.633.